The average Bonchev–Trinajstić information content (AvgIpc) is 2.99. The number of carbonyl (C=O) groups excluding carboxylic acids is 2. The summed E-state index contributed by atoms with van der Waals surface area (Å²) in [4.78, 5) is 29.8. The fraction of sp³-hybridized carbons (Fsp3) is 0.394. The Morgan fingerprint density at radius 2 is 1.62 bits per heavy atom. The summed E-state index contributed by atoms with van der Waals surface area (Å²) in [6, 6.07) is 23.2. The van der Waals surface area contributed by atoms with E-state index in [-0.39, 0.29) is 18.5 Å². The number of hydrogen-bond donors (Lipinski definition) is 1. The molecule has 0 aromatic heterocycles. The Bertz CT molecular complexity index is 1440. The molecule has 0 aliphatic heterocycles. The van der Waals surface area contributed by atoms with Crippen LogP contribution in [0.25, 0.3) is 0 Å². The van der Waals surface area contributed by atoms with Crippen LogP contribution in [0.2, 0.25) is 0 Å². The first-order valence-corrected chi connectivity index (χ1v) is 16.3. The van der Waals surface area contributed by atoms with Crippen molar-refractivity contribution in [1.29, 1.82) is 0 Å². The van der Waals surface area contributed by atoms with Gasteiger partial charge in [-0.1, -0.05) is 85.5 Å². The second-order valence-electron chi connectivity index (χ2n) is 11.0. The molecule has 1 atom stereocenters. The molecule has 0 saturated heterocycles. The van der Waals surface area contributed by atoms with E-state index >= 15 is 0 Å². The zero-order chi connectivity index (χ0) is 30.1. The highest BCUT2D eigenvalue weighted by molar-refractivity contribution is 7.92. The molecule has 0 unspecified atom stereocenters. The van der Waals surface area contributed by atoms with Gasteiger partial charge in [-0.3, -0.25) is 13.9 Å². The van der Waals surface area contributed by atoms with E-state index in [1.165, 1.54) is 12.0 Å². The Morgan fingerprint density at radius 3 is 2.26 bits per heavy atom. The van der Waals surface area contributed by atoms with E-state index in [9.17, 15) is 18.0 Å². The molecular weight excluding hydrogens is 550 g/mol. The van der Waals surface area contributed by atoms with Crippen LogP contribution < -0.4 is 14.4 Å². The van der Waals surface area contributed by atoms with Gasteiger partial charge in [0, 0.05) is 25.1 Å². The third kappa shape index (κ3) is 8.58. The van der Waals surface area contributed by atoms with Gasteiger partial charge in [0.25, 0.3) is 0 Å². The maximum atomic E-state index is 14.2. The van der Waals surface area contributed by atoms with Crippen molar-refractivity contribution in [2.45, 2.75) is 64.1 Å². The number of methoxy groups -OCH3 is 1. The van der Waals surface area contributed by atoms with E-state index < -0.39 is 28.5 Å². The molecule has 1 aliphatic rings. The van der Waals surface area contributed by atoms with Gasteiger partial charge in [0.15, 0.2) is 0 Å². The first kappa shape index (κ1) is 31.1. The van der Waals surface area contributed by atoms with E-state index in [1.54, 1.807) is 24.3 Å². The van der Waals surface area contributed by atoms with Gasteiger partial charge >= 0.3 is 0 Å². The van der Waals surface area contributed by atoms with Crippen molar-refractivity contribution in [1.82, 2.24) is 10.2 Å². The van der Waals surface area contributed by atoms with Crippen molar-refractivity contribution >= 4 is 27.5 Å². The van der Waals surface area contributed by atoms with Crippen molar-refractivity contribution < 1.29 is 22.7 Å². The molecule has 1 fully saturated rings. The highest BCUT2D eigenvalue weighted by Gasteiger charge is 2.34. The first-order chi connectivity index (χ1) is 20.1. The molecule has 3 aromatic carbocycles. The van der Waals surface area contributed by atoms with Crippen LogP contribution in [0.5, 0.6) is 5.75 Å². The number of anilines is 1. The maximum Gasteiger partial charge on any atom is 0.244 e. The van der Waals surface area contributed by atoms with Gasteiger partial charge in [0.1, 0.15) is 18.3 Å². The monoisotopic (exact) mass is 591 g/mol. The average molecular weight is 592 g/mol. The summed E-state index contributed by atoms with van der Waals surface area (Å²) in [6.07, 6.45) is 6.47. The van der Waals surface area contributed by atoms with Gasteiger partial charge in [-0.15, -0.1) is 0 Å². The summed E-state index contributed by atoms with van der Waals surface area (Å²) in [6.45, 7) is 1.69. The molecule has 3 aromatic rings. The Hall–Kier alpha value is -3.85. The molecular formula is C33H41N3O5S. The molecule has 1 aliphatic carbocycles. The molecule has 2 amide bonds. The summed E-state index contributed by atoms with van der Waals surface area (Å²) in [7, 11) is -2.35. The lowest BCUT2D eigenvalue weighted by Gasteiger charge is -2.35. The van der Waals surface area contributed by atoms with E-state index in [2.05, 4.69) is 5.32 Å². The number of amides is 2. The summed E-state index contributed by atoms with van der Waals surface area (Å²) in [5.74, 6) is -0.221. The molecule has 42 heavy (non-hydrogen) atoms. The Balaban J connectivity index is 1.72. The summed E-state index contributed by atoms with van der Waals surface area (Å²) >= 11 is 0. The molecule has 0 radical (unpaired) electrons. The minimum atomic E-state index is -3.85. The first-order valence-electron chi connectivity index (χ1n) is 14.4. The summed E-state index contributed by atoms with van der Waals surface area (Å²) in [5, 5.41) is 3.22. The fourth-order valence-corrected chi connectivity index (χ4v) is 6.21. The molecule has 9 heteroatoms. The lowest BCUT2D eigenvalue weighted by atomic mass is 9.94. The normalized spacial score (nSPS) is 14.5. The van der Waals surface area contributed by atoms with Crippen LogP contribution in [0, 0.1) is 6.92 Å². The van der Waals surface area contributed by atoms with Crippen LogP contribution in [0.4, 0.5) is 5.69 Å². The fourth-order valence-electron chi connectivity index (χ4n) is 5.37. The lowest BCUT2D eigenvalue weighted by Crippen LogP contribution is -2.55. The quantitative estimate of drug-likeness (QED) is 0.325. The Kier molecular flexibility index (Phi) is 10.6. The van der Waals surface area contributed by atoms with E-state index in [0.29, 0.717) is 17.9 Å². The van der Waals surface area contributed by atoms with Crippen molar-refractivity contribution in [3.8, 4) is 5.75 Å². The number of sulfonamides is 1. The lowest BCUT2D eigenvalue weighted by molar-refractivity contribution is -0.140. The van der Waals surface area contributed by atoms with Gasteiger partial charge in [0.2, 0.25) is 21.8 Å². The van der Waals surface area contributed by atoms with Crippen LogP contribution in [0.1, 0.15) is 48.8 Å². The molecule has 0 bridgehead atoms. The number of hydrogen-bond acceptors (Lipinski definition) is 5. The van der Waals surface area contributed by atoms with Crippen molar-refractivity contribution in [3.05, 3.63) is 95.6 Å². The van der Waals surface area contributed by atoms with Crippen LogP contribution in [-0.2, 0) is 32.6 Å². The highest BCUT2D eigenvalue weighted by Crippen LogP contribution is 2.25. The number of ether oxygens (including phenoxy) is 1. The predicted molar refractivity (Wildman–Crippen MR) is 166 cm³/mol. The number of rotatable bonds is 12. The maximum absolute atomic E-state index is 14.2. The predicted octanol–water partition coefficient (Wildman–Crippen LogP) is 4.86. The number of carbonyl (C=O) groups is 2. The molecule has 224 valence electrons. The van der Waals surface area contributed by atoms with Gasteiger partial charge in [-0.2, -0.15) is 0 Å². The van der Waals surface area contributed by atoms with Crippen molar-refractivity contribution in [2.24, 2.45) is 0 Å². The van der Waals surface area contributed by atoms with Crippen LogP contribution in [0.3, 0.4) is 0 Å². The van der Waals surface area contributed by atoms with Gasteiger partial charge < -0.3 is 15.0 Å². The summed E-state index contributed by atoms with van der Waals surface area (Å²) in [5.41, 5.74) is 3.15. The minimum absolute atomic E-state index is 0.0603. The molecule has 1 N–H and O–H groups in total. The SMILES string of the molecule is COc1cccc(N(CC(=O)N(Cc2ccc(C)cc2)[C@@H](Cc2ccccc2)C(=O)NC2CCCCC2)S(C)(=O)=O)c1. The van der Waals surface area contributed by atoms with E-state index in [1.807, 2.05) is 61.5 Å². The summed E-state index contributed by atoms with van der Waals surface area (Å²) < 4.78 is 32.3. The Morgan fingerprint density at radius 1 is 0.929 bits per heavy atom. The smallest absolute Gasteiger partial charge is 0.244 e. The molecule has 0 spiro atoms. The second kappa shape index (κ2) is 14.4. The third-order valence-corrected chi connectivity index (χ3v) is 8.86. The number of benzene rings is 3. The third-order valence-electron chi connectivity index (χ3n) is 7.72. The molecule has 0 heterocycles. The molecule has 8 nitrogen and oxygen atoms in total. The highest BCUT2D eigenvalue weighted by atomic mass is 32.2. The zero-order valence-corrected chi connectivity index (χ0v) is 25.5. The van der Waals surface area contributed by atoms with Gasteiger partial charge in [0.05, 0.1) is 19.1 Å². The van der Waals surface area contributed by atoms with E-state index in [4.69, 9.17) is 4.74 Å². The molecule has 4 rings (SSSR count). The van der Waals surface area contributed by atoms with Crippen molar-refractivity contribution in [2.75, 3.05) is 24.2 Å². The standard InChI is InChI=1S/C33H41N3O5S/c1-25-17-19-27(20-18-25)23-35(32(37)24-36(42(3,39)40)29-15-10-16-30(22-29)41-2)31(21-26-11-6-4-7-12-26)33(38)34-28-13-8-5-9-14-28/h4,6-7,10-12,15-20,22,28,31H,5,8-9,13-14,21,23-24H2,1-3H3,(H,34,38)/t31-/m0/s1. The number of nitrogens with one attached hydrogen (secondary N) is 1. The van der Waals surface area contributed by atoms with Gasteiger partial charge in [-0.25, -0.2) is 8.42 Å². The van der Waals surface area contributed by atoms with Crippen molar-refractivity contribution in [3.63, 3.8) is 0 Å². The van der Waals surface area contributed by atoms with Crippen LogP contribution >= 0.6 is 0 Å². The van der Waals surface area contributed by atoms with Crippen LogP contribution in [-0.4, -0.2) is 57.1 Å². The minimum Gasteiger partial charge on any atom is -0.497 e. The second-order valence-corrected chi connectivity index (χ2v) is 12.9. The van der Waals surface area contributed by atoms with E-state index in [0.717, 1.165) is 59.4 Å². The van der Waals surface area contributed by atoms with Crippen LogP contribution in [0.15, 0.2) is 78.9 Å². The largest absolute Gasteiger partial charge is 0.497 e. The molecule has 1 saturated carbocycles. The number of aryl methyl sites for hydroxylation is 1. The Labute approximate surface area is 249 Å². The van der Waals surface area contributed by atoms with Gasteiger partial charge in [-0.05, 0) is 43.0 Å². The zero-order valence-electron chi connectivity index (χ0n) is 24.7. The topological polar surface area (TPSA) is 96.0 Å². The number of nitrogens with zero attached hydrogens (tertiary/aromatic N) is 2.